The van der Waals surface area contributed by atoms with E-state index in [1.165, 1.54) is 31.7 Å². The first-order valence-electron chi connectivity index (χ1n) is 8.92. The van der Waals surface area contributed by atoms with Crippen molar-refractivity contribution in [2.24, 2.45) is 5.92 Å². The lowest BCUT2D eigenvalue weighted by Gasteiger charge is -2.29. The molecule has 3 rings (SSSR count). The van der Waals surface area contributed by atoms with Gasteiger partial charge in [0.25, 0.3) is 5.91 Å². The highest BCUT2D eigenvalue weighted by atomic mass is 16.3. The van der Waals surface area contributed by atoms with Gasteiger partial charge >= 0.3 is 0 Å². The minimum Gasteiger partial charge on any atom is -0.507 e. The third-order valence-corrected chi connectivity index (χ3v) is 5.32. The third kappa shape index (κ3) is 3.40. The molecule has 0 radical (unpaired) electrons. The number of rotatable bonds is 4. The maximum Gasteiger partial charge on any atom is 0.258 e. The average molecular weight is 330 g/mol. The number of carbonyl (C=O) groups excluding carboxylic acids is 2. The molecule has 1 aromatic rings. The van der Waals surface area contributed by atoms with E-state index in [9.17, 15) is 14.7 Å². The Hall–Kier alpha value is -2.04. The summed E-state index contributed by atoms with van der Waals surface area (Å²) in [7, 11) is 1.85. The summed E-state index contributed by atoms with van der Waals surface area (Å²) in [5, 5.41) is 9.92. The first-order valence-corrected chi connectivity index (χ1v) is 8.92. The first-order chi connectivity index (χ1) is 11.6. The molecule has 24 heavy (non-hydrogen) atoms. The zero-order valence-electron chi connectivity index (χ0n) is 14.3. The highest BCUT2D eigenvalue weighted by Crippen LogP contribution is 2.28. The van der Waals surface area contributed by atoms with Gasteiger partial charge in [-0.1, -0.05) is 25.0 Å². The van der Waals surface area contributed by atoms with Gasteiger partial charge in [-0.2, -0.15) is 0 Å². The molecule has 1 aliphatic carbocycles. The fourth-order valence-corrected chi connectivity index (χ4v) is 4.00. The molecule has 1 saturated carbocycles. The van der Waals surface area contributed by atoms with Gasteiger partial charge in [0.2, 0.25) is 5.91 Å². The highest BCUT2D eigenvalue weighted by Gasteiger charge is 2.37. The lowest BCUT2D eigenvalue weighted by molar-refractivity contribution is -0.134. The Morgan fingerprint density at radius 1 is 1.17 bits per heavy atom. The van der Waals surface area contributed by atoms with Crippen LogP contribution in [0.5, 0.6) is 5.75 Å². The van der Waals surface area contributed by atoms with Crippen LogP contribution in [0.25, 0.3) is 0 Å². The number of carbonyl (C=O) groups is 2. The Morgan fingerprint density at radius 2 is 1.88 bits per heavy atom. The largest absolute Gasteiger partial charge is 0.507 e. The van der Waals surface area contributed by atoms with Gasteiger partial charge in [-0.15, -0.1) is 0 Å². The summed E-state index contributed by atoms with van der Waals surface area (Å²) in [6.07, 6.45) is 6.44. The molecule has 1 atom stereocenters. The Balaban J connectivity index is 1.69. The second-order valence-electron chi connectivity index (χ2n) is 7.04. The van der Waals surface area contributed by atoms with Gasteiger partial charge in [-0.05, 0) is 43.7 Å². The van der Waals surface area contributed by atoms with Crippen LogP contribution < -0.4 is 0 Å². The summed E-state index contributed by atoms with van der Waals surface area (Å²) in [6.45, 7) is 1.36. The zero-order chi connectivity index (χ0) is 17.1. The fraction of sp³-hybridized carbons (Fsp3) is 0.579. The van der Waals surface area contributed by atoms with E-state index in [-0.39, 0.29) is 23.1 Å². The van der Waals surface area contributed by atoms with E-state index in [2.05, 4.69) is 0 Å². The second kappa shape index (κ2) is 7.24. The van der Waals surface area contributed by atoms with Crippen molar-refractivity contribution in [3.8, 4) is 5.75 Å². The van der Waals surface area contributed by atoms with Crippen LogP contribution in [0.3, 0.4) is 0 Å². The number of phenolic OH excluding ortho intramolecular Hbond substituents is 1. The molecular formula is C19H26N2O3. The number of nitrogens with zero attached hydrogens (tertiary/aromatic N) is 2. The molecular weight excluding hydrogens is 304 g/mol. The van der Waals surface area contributed by atoms with Gasteiger partial charge in [0.15, 0.2) is 0 Å². The van der Waals surface area contributed by atoms with Crippen molar-refractivity contribution in [1.29, 1.82) is 0 Å². The van der Waals surface area contributed by atoms with Crippen molar-refractivity contribution in [3.05, 3.63) is 29.8 Å². The van der Waals surface area contributed by atoms with Crippen LogP contribution in [0.4, 0.5) is 0 Å². The number of phenols is 1. The predicted molar refractivity (Wildman–Crippen MR) is 91.8 cm³/mol. The van der Waals surface area contributed by atoms with Gasteiger partial charge < -0.3 is 14.9 Å². The van der Waals surface area contributed by atoms with Crippen LogP contribution in [-0.2, 0) is 4.79 Å². The molecule has 5 heteroatoms. The molecule has 130 valence electrons. The van der Waals surface area contributed by atoms with Crippen LogP contribution in [0.15, 0.2) is 24.3 Å². The van der Waals surface area contributed by atoms with E-state index in [0.717, 1.165) is 13.0 Å². The van der Waals surface area contributed by atoms with Crippen molar-refractivity contribution >= 4 is 11.8 Å². The first kappa shape index (κ1) is 16.8. The Bertz CT molecular complexity index is 610. The molecule has 1 saturated heterocycles. The van der Waals surface area contributed by atoms with Gasteiger partial charge in [-0.25, -0.2) is 0 Å². The quantitative estimate of drug-likeness (QED) is 0.923. The van der Waals surface area contributed by atoms with Crippen molar-refractivity contribution < 1.29 is 14.7 Å². The molecule has 0 spiro atoms. The molecule has 1 unspecified atom stereocenters. The Labute approximate surface area is 143 Å². The predicted octanol–water partition coefficient (Wildman–Crippen LogP) is 2.65. The number of hydrogen-bond donors (Lipinski definition) is 1. The van der Waals surface area contributed by atoms with Gasteiger partial charge in [0, 0.05) is 20.1 Å². The lowest BCUT2D eigenvalue weighted by atomic mass is 10.1. The standard InChI is InChI=1S/C19H26N2O3/c1-20(13-14-7-2-3-8-14)19(24)16-10-6-12-21(16)18(23)15-9-4-5-11-17(15)22/h4-5,9,11,14,16,22H,2-3,6-8,10,12-13H2,1H3. The minimum absolute atomic E-state index is 0.0279. The van der Waals surface area contributed by atoms with E-state index < -0.39 is 6.04 Å². The zero-order valence-corrected chi connectivity index (χ0v) is 14.3. The van der Waals surface area contributed by atoms with Crippen LogP contribution in [0.2, 0.25) is 0 Å². The van der Waals surface area contributed by atoms with Gasteiger partial charge in [-0.3, -0.25) is 9.59 Å². The van der Waals surface area contributed by atoms with Crippen molar-refractivity contribution in [2.45, 2.75) is 44.6 Å². The number of amides is 2. The smallest absolute Gasteiger partial charge is 0.258 e. The van der Waals surface area contributed by atoms with Crippen LogP contribution in [0, 0.1) is 5.92 Å². The van der Waals surface area contributed by atoms with Crippen molar-refractivity contribution in [2.75, 3.05) is 20.1 Å². The molecule has 1 aliphatic heterocycles. The molecule has 1 N–H and O–H groups in total. The van der Waals surface area contributed by atoms with E-state index >= 15 is 0 Å². The van der Waals surface area contributed by atoms with Crippen LogP contribution in [-0.4, -0.2) is 52.9 Å². The number of hydrogen-bond acceptors (Lipinski definition) is 3. The summed E-state index contributed by atoms with van der Waals surface area (Å²) in [5.41, 5.74) is 0.274. The summed E-state index contributed by atoms with van der Waals surface area (Å²) in [6, 6.07) is 6.13. The molecule has 1 heterocycles. The van der Waals surface area contributed by atoms with E-state index in [1.54, 1.807) is 28.0 Å². The van der Waals surface area contributed by atoms with E-state index in [0.29, 0.717) is 18.9 Å². The fourth-order valence-electron chi connectivity index (χ4n) is 4.00. The summed E-state index contributed by atoms with van der Waals surface area (Å²) >= 11 is 0. The maximum atomic E-state index is 12.8. The Kier molecular flexibility index (Phi) is 5.07. The second-order valence-corrected chi connectivity index (χ2v) is 7.04. The molecule has 2 aliphatic rings. The SMILES string of the molecule is CN(CC1CCCC1)C(=O)C1CCCN1C(=O)c1ccccc1O. The number of para-hydroxylation sites is 1. The number of aromatic hydroxyl groups is 1. The normalized spacial score (nSPS) is 21.2. The number of benzene rings is 1. The summed E-state index contributed by atoms with van der Waals surface area (Å²) in [4.78, 5) is 29.0. The van der Waals surface area contributed by atoms with Gasteiger partial charge in [0.05, 0.1) is 5.56 Å². The van der Waals surface area contributed by atoms with E-state index in [4.69, 9.17) is 0 Å². The summed E-state index contributed by atoms with van der Waals surface area (Å²) in [5.74, 6) is 0.351. The number of likely N-dealkylation sites (tertiary alicyclic amines) is 1. The Morgan fingerprint density at radius 3 is 2.58 bits per heavy atom. The van der Waals surface area contributed by atoms with E-state index in [1.807, 2.05) is 7.05 Å². The maximum absolute atomic E-state index is 12.8. The highest BCUT2D eigenvalue weighted by molar-refractivity contribution is 5.99. The van der Waals surface area contributed by atoms with Crippen molar-refractivity contribution in [3.63, 3.8) is 0 Å². The molecule has 0 aromatic heterocycles. The molecule has 1 aromatic carbocycles. The average Bonchev–Trinajstić information content (AvgIpc) is 3.25. The third-order valence-electron chi connectivity index (χ3n) is 5.32. The van der Waals surface area contributed by atoms with Gasteiger partial charge in [0.1, 0.15) is 11.8 Å². The van der Waals surface area contributed by atoms with Crippen LogP contribution in [0.1, 0.15) is 48.9 Å². The monoisotopic (exact) mass is 330 g/mol. The molecule has 2 fully saturated rings. The molecule has 5 nitrogen and oxygen atoms in total. The summed E-state index contributed by atoms with van der Waals surface area (Å²) < 4.78 is 0. The minimum atomic E-state index is -0.400. The lowest BCUT2D eigenvalue weighted by Crippen LogP contribution is -2.47. The molecule has 2 amide bonds. The number of likely N-dealkylation sites (N-methyl/N-ethyl adjacent to an activating group) is 1. The van der Waals surface area contributed by atoms with Crippen LogP contribution >= 0.6 is 0 Å². The van der Waals surface area contributed by atoms with Crippen molar-refractivity contribution in [1.82, 2.24) is 9.80 Å². The topological polar surface area (TPSA) is 60.9 Å². The molecule has 0 bridgehead atoms.